The number of nitrogens with zero attached hydrogens (tertiary/aromatic N) is 1. The van der Waals surface area contributed by atoms with Crippen LogP contribution in [0.3, 0.4) is 0 Å². The molecule has 4 aromatic rings. The van der Waals surface area contributed by atoms with Gasteiger partial charge in [0.2, 0.25) is 0 Å². The third-order valence-corrected chi connectivity index (χ3v) is 12.6. The van der Waals surface area contributed by atoms with E-state index in [1.54, 1.807) is 6.92 Å². The lowest BCUT2D eigenvalue weighted by Gasteiger charge is -2.38. The maximum atomic E-state index is 14.0. The second-order valence-corrected chi connectivity index (χ2v) is 17.4. The summed E-state index contributed by atoms with van der Waals surface area (Å²) in [4.78, 5) is -1.93. The summed E-state index contributed by atoms with van der Waals surface area (Å²) in [5.41, 5.74) is -1.97. The maximum absolute atomic E-state index is 14.0. The molecule has 0 saturated carbocycles. The Kier molecular flexibility index (Phi) is 11.1. The fourth-order valence-corrected chi connectivity index (χ4v) is 8.81. The minimum atomic E-state index is -4.96. The molecule has 1 aliphatic heterocycles. The molecule has 20 heteroatoms. The summed E-state index contributed by atoms with van der Waals surface area (Å²) < 4.78 is 178. The van der Waals surface area contributed by atoms with Crippen LogP contribution in [0, 0.1) is 12.8 Å². The predicted molar refractivity (Wildman–Crippen MR) is 177 cm³/mol. The Morgan fingerprint density at radius 3 is 1.81 bits per heavy atom. The number of aryl methyl sites for hydroxylation is 1. The van der Waals surface area contributed by atoms with Crippen LogP contribution in [-0.4, -0.2) is 51.1 Å². The lowest BCUT2D eigenvalue weighted by molar-refractivity contribution is -0.138. The van der Waals surface area contributed by atoms with Gasteiger partial charge in [0, 0.05) is 10.4 Å². The molecule has 0 radical (unpaired) electrons. The standard InChI is InChI=1S/C32H26BrF6NO9S3/c1-20-8-11-25(12-9-20)51(43,44)47-18-21(19-48-52(45,46)27-7-3-5-23(15-27)32(37,38)39)30-17-40(28-16-24(33)10-13-29(28)49-30)50(41,42)26-6-2-4-22(14-26)31(34,35)36/h2-16,21,30H,17-19H2,1H3/t21-,30-/m1/s1. The molecule has 5 rings (SSSR count). The van der Waals surface area contributed by atoms with E-state index in [1.807, 2.05) is 0 Å². The van der Waals surface area contributed by atoms with Crippen molar-refractivity contribution in [2.24, 2.45) is 5.92 Å². The third-order valence-electron chi connectivity index (χ3n) is 7.72. The van der Waals surface area contributed by atoms with Gasteiger partial charge in [-0.25, -0.2) is 8.42 Å². The molecule has 1 aliphatic rings. The number of alkyl halides is 6. The zero-order valence-electron chi connectivity index (χ0n) is 26.4. The van der Waals surface area contributed by atoms with Crippen molar-refractivity contribution >= 4 is 51.9 Å². The number of benzene rings is 4. The largest absolute Gasteiger partial charge is 0.486 e. The van der Waals surface area contributed by atoms with Crippen LogP contribution in [0.25, 0.3) is 0 Å². The smallest absolute Gasteiger partial charge is 0.416 e. The van der Waals surface area contributed by atoms with Crippen molar-refractivity contribution in [2.45, 2.75) is 40.1 Å². The number of hydrogen-bond acceptors (Lipinski definition) is 9. The van der Waals surface area contributed by atoms with Crippen molar-refractivity contribution in [3.05, 3.63) is 112 Å². The fourth-order valence-electron chi connectivity index (χ4n) is 4.97. The summed E-state index contributed by atoms with van der Waals surface area (Å²) in [6.07, 6.45) is -11.3. The number of halogens is 7. The molecule has 0 fully saturated rings. The zero-order valence-corrected chi connectivity index (χ0v) is 30.5. The number of sulfonamides is 1. The highest BCUT2D eigenvalue weighted by Gasteiger charge is 2.41. The summed E-state index contributed by atoms with van der Waals surface area (Å²) in [6.45, 7) is -0.933. The van der Waals surface area contributed by atoms with Gasteiger partial charge in [-0.15, -0.1) is 0 Å². The summed E-state index contributed by atoms with van der Waals surface area (Å²) in [5.74, 6) is -1.64. The number of rotatable bonds is 11. The quantitative estimate of drug-likeness (QED) is 0.114. The molecule has 0 spiro atoms. The highest BCUT2D eigenvalue weighted by molar-refractivity contribution is 9.10. The van der Waals surface area contributed by atoms with Crippen LogP contribution >= 0.6 is 15.9 Å². The molecule has 0 N–H and O–H groups in total. The molecule has 0 aromatic heterocycles. The zero-order chi connectivity index (χ0) is 38.3. The fraction of sp³-hybridized carbons (Fsp3) is 0.250. The lowest BCUT2D eigenvalue weighted by atomic mass is 10.0. The second-order valence-electron chi connectivity index (χ2n) is 11.4. The van der Waals surface area contributed by atoms with Gasteiger partial charge in [0.25, 0.3) is 30.3 Å². The Labute approximate surface area is 303 Å². The first-order valence-corrected chi connectivity index (χ1v) is 19.8. The number of ether oxygens (including phenoxy) is 1. The topological polar surface area (TPSA) is 133 Å². The first-order chi connectivity index (χ1) is 24.1. The predicted octanol–water partition coefficient (Wildman–Crippen LogP) is 7.18. The monoisotopic (exact) mass is 857 g/mol. The van der Waals surface area contributed by atoms with E-state index in [2.05, 4.69) is 15.9 Å². The normalized spacial score (nSPS) is 16.2. The van der Waals surface area contributed by atoms with E-state index in [-0.39, 0.29) is 16.3 Å². The lowest BCUT2D eigenvalue weighted by Crippen LogP contribution is -2.49. The summed E-state index contributed by atoms with van der Waals surface area (Å²) in [5, 5.41) is 0. The van der Waals surface area contributed by atoms with E-state index in [9.17, 15) is 51.6 Å². The minimum Gasteiger partial charge on any atom is -0.486 e. The van der Waals surface area contributed by atoms with Crippen LogP contribution in [0.5, 0.6) is 5.75 Å². The first kappa shape index (κ1) is 39.5. The molecule has 2 atom stereocenters. The van der Waals surface area contributed by atoms with E-state index in [1.165, 1.54) is 42.5 Å². The van der Waals surface area contributed by atoms with Gasteiger partial charge in [-0.2, -0.15) is 43.2 Å². The van der Waals surface area contributed by atoms with E-state index >= 15 is 0 Å². The molecule has 10 nitrogen and oxygen atoms in total. The van der Waals surface area contributed by atoms with Crippen LogP contribution in [0.2, 0.25) is 0 Å². The summed E-state index contributed by atoms with van der Waals surface area (Å²) in [6, 6.07) is 15.1. The maximum Gasteiger partial charge on any atom is 0.416 e. The third kappa shape index (κ3) is 8.91. The van der Waals surface area contributed by atoms with Crippen molar-refractivity contribution in [2.75, 3.05) is 24.1 Å². The second kappa shape index (κ2) is 14.6. The van der Waals surface area contributed by atoms with Crippen LogP contribution in [-0.2, 0) is 51.0 Å². The summed E-state index contributed by atoms with van der Waals surface area (Å²) in [7, 11) is -14.3. The number of hydrogen-bond donors (Lipinski definition) is 0. The van der Waals surface area contributed by atoms with Crippen molar-refractivity contribution < 1.29 is 64.7 Å². The molecule has 280 valence electrons. The van der Waals surface area contributed by atoms with Crippen molar-refractivity contribution in [3.8, 4) is 5.75 Å². The highest BCUT2D eigenvalue weighted by atomic mass is 79.9. The van der Waals surface area contributed by atoms with Gasteiger partial charge in [-0.3, -0.25) is 12.7 Å². The molecule has 0 aliphatic carbocycles. The summed E-state index contributed by atoms with van der Waals surface area (Å²) >= 11 is 3.21. The van der Waals surface area contributed by atoms with Gasteiger partial charge in [0.15, 0.2) is 0 Å². The highest BCUT2D eigenvalue weighted by Crippen LogP contribution is 2.41. The molecule has 4 aromatic carbocycles. The first-order valence-electron chi connectivity index (χ1n) is 14.8. The van der Waals surface area contributed by atoms with E-state index in [4.69, 9.17) is 13.1 Å². The van der Waals surface area contributed by atoms with E-state index < -0.39 is 95.3 Å². The van der Waals surface area contributed by atoms with Crippen molar-refractivity contribution in [3.63, 3.8) is 0 Å². The number of fused-ring (bicyclic) bond motifs is 1. The van der Waals surface area contributed by atoms with Crippen molar-refractivity contribution in [1.82, 2.24) is 0 Å². The van der Waals surface area contributed by atoms with Gasteiger partial charge in [-0.1, -0.05) is 45.8 Å². The van der Waals surface area contributed by atoms with Gasteiger partial charge in [-0.05, 0) is 73.7 Å². The molecule has 0 saturated heterocycles. The Morgan fingerprint density at radius 1 is 0.731 bits per heavy atom. The van der Waals surface area contributed by atoms with Gasteiger partial charge < -0.3 is 4.74 Å². The minimum absolute atomic E-state index is 0.132. The molecule has 0 bridgehead atoms. The van der Waals surface area contributed by atoms with Gasteiger partial charge in [0.1, 0.15) is 11.9 Å². The Morgan fingerprint density at radius 2 is 1.25 bits per heavy atom. The van der Waals surface area contributed by atoms with Crippen molar-refractivity contribution in [1.29, 1.82) is 0 Å². The molecule has 1 heterocycles. The van der Waals surface area contributed by atoms with E-state index in [0.717, 1.165) is 24.3 Å². The van der Waals surface area contributed by atoms with Crippen LogP contribution < -0.4 is 9.04 Å². The molecule has 52 heavy (non-hydrogen) atoms. The Hall–Kier alpha value is -3.69. The molecular formula is C32H26BrF6NO9S3. The number of anilines is 1. The average Bonchev–Trinajstić information content (AvgIpc) is 3.07. The SMILES string of the molecule is Cc1ccc(S(=O)(=O)OC[C@H](COS(=O)(=O)c2cccc(C(F)(F)F)c2)[C@H]2CN(S(=O)(=O)c3cccc(C(F)(F)F)c3)c3cc(Br)ccc3O2)cc1. The molecular weight excluding hydrogens is 832 g/mol. The molecule has 0 unspecified atom stereocenters. The van der Waals surface area contributed by atoms with Gasteiger partial charge >= 0.3 is 12.4 Å². The van der Waals surface area contributed by atoms with Gasteiger partial charge in [0.05, 0.1) is 51.3 Å². The Bertz CT molecular complexity index is 2290. The Balaban J connectivity index is 1.53. The van der Waals surface area contributed by atoms with Crippen LogP contribution in [0.1, 0.15) is 16.7 Å². The van der Waals surface area contributed by atoms with Crippen LogP contribution in [0.4, 0.5) is 32.0 Å². The average molecular weight is 859 g/mol. The van der Waals surface area contributed by atoms with Crippen LogP contribution in [0.15, 0.2) is 110 Å². The van der Waals surface area contributed by atoms with E-state index in [0.29, 0.717) is 38.6 Å². The molecule has 0 amide bonds.